The quantitative estimate of drug-likeness (QED) is 0.0912. The fourth-order valence-electron chi connectivity index (χ4n) is 6.16. The average Bonchev–Trinajstić information content (AvgIpc) is 3.04. The maximum Gasteiger partial charge on any atom is 0.164 e. The summed E-state index contributed by atoms with van der Waals surface area (Å²) in [4.78, 5) is 16.7. The summed E-state index contributed by atoms with van der Waals surface area (Å²) < 4.78 is 40.5. The Kier molecular flexibility index (Phi) is 10.9. The molecule has 0 fully saturated rings. The van der Waals surface area contributed by atoms with Crippen molar-refractivity contribution < 1.29 is 40.2 Å². The minimum atomic E-state index is -0.337. The van der Waals surface area contributed by atoms with Crippen LogP contribution in [0.4, 0.5) is 0 Å². The van der Waals surface area contributed by atoms with E-state index in [1.807, 2.05) is 53.7 Å². The van der Waals surface area contributed by atoms with Crippen molar-refractivity contribution in [3.05, 3.63) is 77.6 Å². The van der Waals surface area contributed by atoms with Gasteiger partial charge in [0.15, 0.2) is 5.78 Å². The van der Waals surface area contributed by atoms with Gasteiger partial charge in [-0.3, -0.25) is 9.78 Å². The van der Waals surface area contributed by atoms with Crippen LogP contribution >= 0.6 is 0 Å². The summed E-state index contributed by atoms with van der Waals surface area (Å²) in [5, 5.41) is 12.9. The predicted molar refractivity (Wildman–Crippen MR) is 203 cm³/mol. The van der Waals surface area contributed by atoms with Crippen molar-refractivity contribution in [2.45, 2.75) is 122 Å². The first-order valence-corrected chi connectivity index (χ1v) is 17.6. The van der Waals surface area contributed by atoms with Crippen molar-refractivity contribution in [3.63, 3.8) is 0 Å². The SMILES string of the molecule is CCC(C)(CC)C(=O)/C=C(\O)C(C)(CC)CC.[2H]c1cc([2H])c2c(CC(C)(C)C)c3c([c-]c2c1)-c1nc([2H])c([2H])c2cc(CC(C)(C)C)cc(c12)O3.[Ir]. The molecule has 1 aromatic heterocycles. The fourth-order valence-corrected chi connectivity index (χ4v) is 6.16. The van der Waals surface area contributed by atoms with Crippen LogP contribution in [0.1, 0.15) is 125 Å². The number of nitrogens with zero attached hydrogens (tertiary/aromatic N) is 1. The van der Waals surface area contributed by atoms with Gasteiger partial charge in [0.1, 0.15) is 11.5 Å². The van der Waals surface area contributed by atoms with Crippen molar-refractivity contribution >= 4 is 27.3 Å². The van der Waals surface area contributed by atoms with E-state index in [0.717, 1.165) is 54.0 Å². The Morgan fingerprint density at radius 2 is 1.53 bits per heavy atom. The number of carbonyl (C=O) groups is 1. The zero-order chi connectivity index (χ0) is 39.1. The van der Waals surface area contributed by atoms with Gasteiger partial charge in [0.05, 0.1) is 11.2 Å². The summed E-state index contributed by atoms with van der Waals surface area (Å²) in [5.74, 6) is 1.54. The molecular formula is C44H58IrNO3-. The van der Waals surface area contributed by atoms with Crippen LogP contribution in [0.3, 0.4) is 0 Å². The Morgan fingerprint density at radius 1 is 0.918 bits per heavy atom. The van der Waals surface area contributed by atoms with E-state index in [2.05, 4.69) is 52.6 Å². The molecule has 2 heterocycles. The molecule has 0 saturated heterocycles. The van der Waals surface area contributed by atoms with Crippen LogP contribution < -0.4 is 4.74 Å². The van der Waals surface area contributed by atoms with Gasteiger partial charge < -0.3 is 9.84 Å². The molecule has 267 valence electrons. The van der Waals surface area contributed by atoms with Gasteiger partial charge >= 0.3 is 0 Å². The minimum absolute atomic E-state index is 0. The van der Waals surface area contributed by atoms with Gasteiger partial charge in [-0.15, -0.1) is 17.5 Å². The summed E-state index contributed by atoms with van der Waals surface area (Å²) in [5.41, 5.74) is 2.53. The van der Waals surface area contributed by atoms with Crippen molar-refractivity contribution in [2.24, 2.45) is 21.7 Å². The second kappa shape index (κ2) is 15.5. The number of ether oxygens (including phenoxy) is 1. The average molecular weight is 845 g/mol. The first-order chi connectivity index (χ1) is 24.0. The van der Waals surface area contributed by atoms with Gasteiger partial charge in [-0.1, -0.05) is 124 Å². The molecule has 3 aromatic carbocycles. The number of aliphatic hydroxyl groups is 1. The smallest absolute Gasteiger partial charge is 0.164 e. The Hall–Kier alpha value is -3.01. The van der Waals surface area contributed by atoms with Crippen LogP contribution in [0.25, 0.3) is 32.8 Å². The molecule has 1 aliphatic heterocycles. The van der Waals surface area contributed by atoms with E-state index in [9.17, 15) is 9.90 Å². The Bertz CT molecular complexity index is 2030. The van der Waals surface area contributed by atoms with Crippen LogP contribution in [0.5, 0.6) is 11.5 Å². The third kappa shape index (κ3) is 9.02. The van der Waals surface area contributed by atoms with Gasteiger partial charge in [-0.05, 0) is 72.4 Å². The van der Waals surface area contributed by atoms with Crippen molar-refractivity contribution in [1.82, 2.24) is 4.98 Å². The zero-order valence-electron chi connectivity index (χ0n) is 35.7. The molecule has 5 rings (SSSR count). The molecule has 0 amide bonds. The minimum Gasteiger partial charge on any atom is -0.512 e. The zero-order valence-corrected chi connectivity index (χ0v) is 34.1. The molecule has 0 spiro atoms. The van der Waals surface area contributed by atoms with Crippen LogP contribution in [0.15, 0.2) is 60.4 Å². The standard InChI is InChI=1S/C29H30NO.C15H28O2.Ir/c1-28(2,3)16-18-13-20-11-12-30-26-22-15-19-9-7-8-10-21(19)23(17-29(4,5)6)27(22)31-24(14-18)25(20)26;1-7-14(5,8-2)12(16)11-13(17)15(6,9-3)10-4;/h7-14H,16-17H2,1-6H3;11,16H,7-10H2,1-6H3;/q-1;;/b;12-11-;/i7D,10D,11D,12D;;. The monoisotopic (exact) mass is 845 g/mol. The number of rotatable bonds is 9. The molecular weight excluding hydrogens is 783 g/mol. The normalized spacial score (nSPS) is 14.4. The summed E-state index contributed by atoms with van der Waals surface area (Å²) in [6.07, 6.45) is 6.14. The largest absolute Gasteiger partial charge is 0.512 e. The van der Waals surface area contributed by atoms with Crippen LogP contribution in [0, 0.1) is 27.7 Å². The Balaban J connectivity index is 0.000000359. The molecule has 1 aliphatic rings. The van der Waals surface area contributed by atoms with Gasteiger partial charge in [-0.25, -0.2) is 0 Å². The molecule has 1 N–H and O–H groups in total. The van der Waals surface area contributed by atoms with Crippen LogP contribution in [-0.4, -0.2) is 15.9 Å². The Labute approximate surface area is 315 Å². The molecule has 4 aromatic rings. The summed E-state index contributed by atoms with van der Waals surface area (Å²) in [6.45, 7) is 25.1. The number of benzene rings is 3. The number of hydrogen-bond acceptors (Lipinski definition) is 4. The topological polar surface area (TPSA) is 59.4 Å². The van der Waals surface area contributed by atoms with Crippen LogP contribution in [0.2, 0.25) is 0 Å². The van der Waals surface area contributed by atoms with E-state index < -0.39 is 0 Å². The van der Waals surface area contributed by atoms with E-state index in [4.69, 9.17) is 10.2 Å². The van der Waals surface area contributed by atoms with Gasteiger partial charge in [0, 0.05) is 54.3 Å². The summed E-state index contributed by atoms with van der Waals surface area (Å²) in [6, 6.07) is 11.3. The Morgan fingerprint density at radius 3 is 2.10 bits per heavy atom. The second-order valence-electron chi connectivity index (χ2n) is 16.4. The molecule has 5 heteroatoms. The molecule has 4 nitrogen and oxygen atoms in total. The first kappa shape index (κ1) is 34.4. The maximum atomic E-state index is 12.2. The predicted octanol–water partition coefficient (Wildman–Crippen LogP) is 12.8. The maximum absolute atomic E-state index is 12.2. The van der Waals surface area contributed by atoms with E-state index in [0.29, 0.717) is 39.9 Å². The van der Waals surface area contributed by atoms with E-state index in [1.165, 1.54) is 6.08 Å². The number of ketones is 1. The fraction of sp³-hybridized carbons (Fsp3) is 0.500. The number of hydrogen-bond donors (Lipinski definition) is 1. The number of fused-ring (bicyclic) bond motifs is 3. The second-order valence-corrected chi connectivity index (χ2v) is 16.4. The molecule has 0 bridgehead atoms. The number of aromatic nitrogens is 1. The molecule has 0 unspecified atom stereocenters. The number of carbonyl (C=O) groups excluding carboxylic acids is 1. The van der Waals surface area contributed by atoms with E-state index in [1.54, 1.807) is 12.1 Å². The summed E-state index contributed by atoms with van der Waals surface area (Å²) >= 11 is 0. The number of pyridine rings is 1. The van der Waals surface area contributed by atoms with E-state index >= 15 is 0 Å². The van der Waals surface area contributed by atoms with Crippen molar-refractivity contribution in [3.8, 4) is 22.8 Å². The molecule has 0 atom stereocenters. The third-order valence-corrected chi connectivity index (χ3v) is 10.1. The molecule has 1 radical (unpaired) electrons. The summed E-state index contributed by atoms with van der Waals surface area (Å²) in [7, 11) is 0. The molecule has 0 aliphatic carbocycles. The molecule has 0 saturated carbocycles. The van der Waals surface area contributed by atoms with Gasteiger partial charge in [0.2, 0.25) is 0 Å². The molecule has 49 heavy (non-hydrogen) atoms. The van der Waals surface area contributed by atoms with Gasteiger partial charge in [-0.2, -0.15) is 0 Å². The van der Waals surface area contributed by atoms with Crippen molar-refractivity contribution in [2.75, 3.05) is 0 Å². The van der Waals surface area contributed by atoms with Crippen LogP contribution in [-0.2, 0) is 37.7 Å². The number of allylic oxidation sites excluding steroid dienone is 2. The van der Waals surface area contributed by atoms with Gasteiger partial charge in [0.25, 0.3) is 0 Å². The third-order valence-electron chi connectivity index (χ3n) is 10.1. The van der Waals surface area contributed by atoms with E-state index in [-0.39, 0.29) is 77.6 Å². The number of aliphatic hydroxyl groups excluding tert-OH is 1. The van der Waals surface area contributed by atoms with Crippen molar-refractivity contribution in [1.29, 1.82) is 0 Å². The first-order valence-electron chi connectivity index (χ1n) is 19.6.